The quantitative estimate of drug-likeness (QED) is 0.118. The van der Waals surface area contributed by atoms with E-state index >= 15 is 4.79 Å². The number of carboxylic acid groups (broad SMARTS) is 1. The first-order valence-corrected chi connectivity index (χ1v) is 18.2. The summed E-state index contributed by atoms with van der Waals surface area (Å²) < 4.78 is 5.45. The second kappa shape index (κ2) is 13.2. The van der Waals surface area contributed by atoms with Crippen molar-refractivity contribution in [3.05, 3.63) is 123 Å². The lowest BCUT2D eigenvalue weighted by molar-refractivity contribution is -0.138. The number of phenols is 2. The van der Waals surface area contributed by atoms with E-state index in [-0.39, 0.29) is 40.6 Å². The van der Waals surface area contributed by atoms with Gasteiger partial charge in [0.1, 0.15) is 22.8 Å². The number of halogens is 2. The molecule has 55 heavy (non-hydrogen) atoms. The second-order valence-corrected chi connectivity index (χ2v) is 15.1. The molecule has 0 bridgehead atoms. The van der Waals surface area contributed by atoms with E-state index in [0.717, 1.165) is 22.0 Å². The molecule has 280 valence electrons. The Morgan fingerprint density at radius 3 is 2.27 bits per heavy atom. The number of aromatic hydroxyl groups is 2. The van der Waals surface area contributed by atoms with Crippen LogP contribution in [0.15, 0.2) is 90.5 Å². The van der Waals surface area contributed by atoms with E-state index in [2.05, 4.69) is 5.43 Å². The highest BCUT2D eigenvalue weighted by Gasteiger charge is 2.70. The van der Waals surface area contributed by atoms with Crippen LogP contribution in [-0.4, -0.2) is 57.0 Å². The van der Waals surface area contributed by atoms with Crippen molar-refractivity contribution >= 4 is 64.2 Å². The number of nitrogens with one attached hydrogen (secondary N) is 1. The number of carbonyl (C=O) groups is 5. The van der Waals surface area contributed by atoms with Gasteiger partial charge in [0.2, 0.25) is 11.8 Å². The minimum Gasteiger partial charge on any atom is -0.508 e. The molecule has 1 saturated carbocycles. The number of aryl methyl sites for hydroxylation is 1. The van der Waals surface area contributed by atoms with Crippen molar-refractivity contribution in [1.29, 1.82) is 0 Å². The third-order valence-corrected chi connectivity index (χ3v) is 12.2. The predicted molar refractivity (Wildman–Crippen MR) is 201 cm³/mol. The molecular weight excluding hydrogens is 749 g/mol. The zero-order valence-electron chi connectivity index (χ0n) is 29.3. The molecule has 4 amide bonds. The average Bonchev–Trinajstić information content (AvgIpc) is 3.54. The van der Waals surface area contributed by atoms with Gasteiger partial charge < -0.3 is 20.1 Å². The number of aromatic carboxylic acids is 1. The molecule has 0 radical (unpaired) electrons. The van der Waals surface area contributed by atoms with Crippen LogP contribution in [0.25, 0.3) is 0 Å². The Morgan fingerprint density at radius 1 is 0.873 bits per heavy atom. The molecule has 0 aromatic heterocycles. The van der Waals surface area contributed by atoms with E-state index < -0.39 is 70.4 Å². The molecule has 4 aliphatic rings. The van der Waals surface area contributed by atoms with E-state index in [1.807, 2.05) is 6.08 Å². The summed E-state index contributed by atoms with van der Waals surface area (Å²) in [5.74, 6) is -8.04. The molecule has 3 fully saturated rings. The van der Waals surface area contributed by atoms with Gasteiger partial charge in [-0.15, -0.1) is 0 Å². The van der Waals surface area contributed by atoms with E-state index in [0.29, 0.717) is 33.0 Å². The van der Waals surface area contributed by atoms with Crippen LogP contribution in [0.2, 0.25) is 10.0 Å². The van der Waals surface area contributed by atoms with Crippen LogP contribution in [0.5, 0.6) is 17.2 Å². The molecule has 8 rings (SSSR count). The molecule has 2 heterocycles. The summed E-state index contributed by atoms with van der Waals surface area (Å²) in [5.41, 5.74) is 3.61. The van der Waals surface area contributed by atoms with Crippen LogP contribution in [0.4, 0.5) is 11.4 Å². The average molecular weight is 783 g/mol. The molecule has 0 unspecified atom stereocenters. The Hall–Kier alpha value is -5.85. The zero-order chi connectivity index (χ0) is 39.1. The Labute approximate surface area is 324 Å². The highest BCUT2D eigenvalue weighted by molar-refractivity contribution is 6.36. The maximum absolute atomic E-state index is 15.4. The monoisotopic (exact) mass is 781 g/mol. The van der Waals surface area contributed by atoms with Crippen molar-refractivity contribution < 1.29 is 44.0 Å². The fraction of sp³-hybridized carbons (Fsp3) is 0.244. The van der Waals surface area contributed by atoms with Crippen molar-refractivity contribution in [1.82, 2.24) is 5.01 Å². The number of anilines is 2. The number of amides is 4. The van der Waals surface area contributed by atoms with Gasteiger partial charge >= 0.3 is 5.97 Å². The summed E-state index contributed by atoms with van der Waals surface area (Å²) in [6.45, 7) is 1.72. The number of fused-ring (bicyclic) bond motifs is 4. The molecule has 14 heteroatoms. The first-order valence-electron chi connectivity index (χ1n) is 17.5. The number of carboxylic acids is 1. The number of hydrogen-bond donors (Lipinski definition) is 4. The SMILES string of the molecule is COc1ccc([C@@]23C(=O)N(Nc4ccc(Cl)cc4Cl)C(=O)[C@@H]2C[C@@H]2C(=CC[C@@H]4C(=O)N(c5ccc(C(=O)O)c(O)c5)C(=O)[C@@H]42)[C@@H]3c2ccc(O)c(C)c2)cc1. The van der Waals surface area contributed by atoms with Crippen LogP contribution in [0.3, 0.4) is 0 Å². The molecule has 0 spiro atoms. The number of ether oxygens (including phenoxy) is 1. The number of allylic oxidation sites excluding steroid dienone is 2. The number of imide groups is 2. The number of nitrogens with zero attached hydrogens (tertiary/aromatic N) is 2. The number of hydrazine groups is 1. The lowest BCUT2D eigenvalue weighted by atomic mass is 9.49. The normalized spacial score (nSPS) is 25.7. The molecule has 4 N–H and O–H groups in total. The van der Waals surface area contributed by atoms with Crippen molar-refractivity contribution in [2.24, 2.45) is 23.7 Å². The van der Waals surface area contributed by atoms with Gasteiger partial charge in [0, 0.05) is 17.0 Å². The number of benzene rings is 4. The third-order valence-electron chi connectivity index (χ3n) is 11.6. The van der Waals surface area contributed by atoms with Crippen molar-refractivity contribution in [2.45, 2.75) is 31.1 Å². The Bertz CT molecular complexity index is 2380. The number of hydrogen-bond acceptors (Lipinski definition) is 9. The van der Waals surface area contributed by atoms with Gasteiger partial charge in [-0.05, 0) is 90.9 Å². The largest absolute Gasteiger partial charge is 0.508 e. The predicted octanol–water partition coefficient (Wildman–Crippen LogP) is 6.61. The van der Waals surface area contributed by atoms with Gasteiger partial charge in [-0.3, -0.25) is 24.6 Å². The Morgan fingerprint density at radius 2 is 1.62 bits per heavy atom. The van der Waals surface area contributed by atoms with Gasteiger partial charge in [0.05, 0.1) is 46.7 Å². The molecule has 6 atom stereocenters. The van der Waals surface area contributed by atoms with E-state index in [1.54, 1.807) is 55.5 Å². The molecule has 12 nitrogen and oxygen atoms in total. The van der Waals surface area contributed by atoms with E-state index in [1.165, 1.54) is 25.3 Å². The Balaban J connectivity index is 1.31. The van der Waals surface area contributed by atoms with Crippen molar-refractivity contribution in [2.75, 3.05) is 17.4 Å². The van der Waals surface area contributed by atoms with Gasteiger partial charge in [-0.25, -0.2) is 9.69 Å². The summed E-state index contributed by atoms with van der Waals surface area (Å²) in [4.78, 5) is 71.4. The van der Waals surface area contributed by atoms with Crippen molar-refractivity contribution in [3.63, 3.8) is 0 Å². The van der Waals surface area contributed by atoms with Gasteiger partial charge in [-0.2, -0.15) is 5.01 Å². The minimum atomic E-state index is -1.59. The molecule has 2 saturated heterocycles. The fourth-order valence-electron chi connectivity index (χ4n) is 9.17. The number of methoxy groups -OCH3 is 1. The lowest BCUT2D eigenvalue weighted by Gasteiger charge is -2.50. The smallest absolute Gasteiger partial charge is 0.339 e. The number of rotatable bonds is 7. The minimum absolute atomic E-state index is 0.0137. The molecule has 4 aromatic carbocycles. The zero-order valence-corrected chi connectivity index (χ0v) is 30.8. The summed E-state index contributed by atoms with van der Waals surface area (Å²) in [7, 11) is 1.52. The molecular formula is C41H33Cl2N3O9. The highest BCUT2D eigenvalue weighted by Crippen LogP contribution is 2.64. The third kappa shape index (κ3) is 5.37. The topological polar surface area (TPSA) is 174 Å². The maximum atomic E-state index is 15.4. The highest BCUT2D eigenvalue weighted by atomic mass is 35.5. The van der Waals surface area contributed by atoms with E-state index in [4.69, 9.17) is 27.9 Å². The van der Waals surface area contributed by atoms with Gasteiger partial charge in [0.25, 0.3) is 11.8 Å². The molecule has 2 aliphatic carbocycles. The summed E-state index contributed by atoms with van der Waals surface area (Å²) in [6.07, 6.45) is 2.04. The Kier molecular flexibility index (Phi) is 8.66. The molecule has 4 aromatic rings. The van der Waals surface area contributed by atoms with Crippen LogP contribution in [-0.2, 0) is 24.6 Å². The van der Waals surface area contributed by atoms with Crippen LogP contribution >= 0.6 is 23.2 Å². The van der Waals surface area contributed by atoms with Crippen LogP contribution < -0.4 is 15.1 Å². The summed E-state index contributed by atoms with van der Waals surface area (Å²) >= 11 is 12.7. The maximum Gasteiger partial charge on any atom is 0.339 e. The second-order valence-electron chi connectivity index (χ2n) is 14.3. The van der Waals surface area contributed by atoms with Crippen molar-refractivity contribution in [3.8, 4) is 17.2 Å². The van der Waals surface area contributed by atoms with Gasteiger partial charge in [-0.1, -0.05) is 59.1 Å². The first kappa shape index (κ1) is 36.1. The molecule has 2 aliphatic heterocycles. The van der Waals surface area contributed by atoms with Gasteiger partial charge in [0.15, 0.2) is 0 Å². The standard InChI is InChI=1S/C41H33Cl2N3O9/c1-19-15-20(3-14-32(19)47)35-25-11-12-27-34(38(51)45(36(27)49)23-7-10-26(39(52)53)33(48)17-23)28(25)18-29-37(50)46(44-31-13-6-22(42)16-30(31)43)40(54)41(29,35)21-4-8-24(55-2)9-5-21/h3-11,13-17,27-29,34-35,44,47-48H,12,18H2,1-2H3,(H,52,53)/t27-,28+,29-,34-,35-,41+/m0/s1. The van der Waals surface area contributed by atoms with Crippen LogP contribution in [0, 0.1) is 30.6 Å². The summed E-state index contributed by atoms with van der Waals surface area (Å²) in [5, 5.41) is 32.0. The number of phenolic OH excluding ortho intramolecular Hbond substituents is 1. The number of carbonyl (C=O) groups excluding carboxylic acids is 4. The van der Waals surface area contributed by atoms with Crippen LogP contribution in [0.1, 0.15) is 45.8 Å². The first-order chi connectivity index (χ1) is 26.3. The fourth-order valence-corrected chi connectivity index (χ4v) is 9.62. The van der Waals surface area contributed by atoms with E-state index in [9.17, 15) is 34.5 Å². The lowest BCUT2D eigenvalue weighted by Crippen LogP contribution is -2.53. The summed E-state index contributed by atoms with van der Waals surface area (Å²) in [6, 6.07) is 20.0.